The Hall–Kier alpha value is -0.260. The van der Waals surface area contributed by atoms with E-state index in [1.54, 1.807) is 0 Å². The SMILES string of the molecule is O=C(NCC1(F)CCC1)C(F)(F)Br. The van der Waals surface area contributed by atoms with Gasteiger partial charge in [0.1, 0.15) is 5.67 Å². The minimum Gasteiger partial charge on any atom is -0.347 e. The molecular formula is C7H9BrF3NO. The van der Waals surface area contributed by atoms with Gasteiger partial charge in [-0.15, -0.1) is 0 Å². The molecule has 2 nitrogen and oxygen atoms in total. The first kappa shape index (κ1) is 10.8. The van der Waals surface area contributed by atoms with Crippen LogP contribution < -0.4 is 5.32 Å². The standard InChI is InChI=1S/C7H9BrF3NO/c8-7(10,11)5(13)12-4-6(9)2-1-3-6/h1-4H2,(H,12,13). The molecule has 1 amide bonds. The van der Waals surface area contributed by atoms with Crippen molar-refractivity contribution in [3.05, 3.63) is 0 Å². The zero-order valence-electron chi connectivity index (χ0n) is 6.75. The average molecular weight is 260 g/mol. The molecule has 1 N–H and O–H groups in total. The van der Waals surface area contributed by atoms with Crippen molar-refractivity contribution in [2.75, 3.05) is 6.54 Å². The van der Waals surface area contributed by atoms with Gasteiger partial charge in [0.15, 0.2) is 0 Å². The fourth-order valence-corrected chi connectivity index (χ4v) is 1.22. The maximum Gasteiger partial charge on any atom is 0.377 e. The lowest BCUT2D eigenvalue weighted by Gasteiger charge is -2.33. The summed E-state index contributed by atoms with van der Waals surface area (Å²) in [6, 6.07) is 0. The first-order valence-electron chi connectivity index (χ1n) is 3.87. The summed E-state index contributed by atoms with van der Waals surface area (Å²) in [5.74, 6) is -1.49. The lowest BCUT2D eigenvalue weighted by molar-refractivity contribution is -0.135. The number of nitrogens with one attached hydrogen (secondary N) is 1. The van der Waals surface area contributed by atoms with Crippen molar-refractivity contribution < 1.29 is 18.0 Å². The number of hydrogen-bond acceptors (Lipinski definition) is 1. The Labute approximate surface area is 82.0 Å². The Morgan fingerprint density at radius 1 is 1.54 bits per heavy atom. The molecule has 13 heavy (non-hydrogen) atoms. The van der Waals surface area contributed by atoms with Crippen molar-refractivity contribution >= 4 is 21.8 Å². The van der Waals surface area contributed by atoms with Gasteiger partial charge in [-0.2, -0.15) is 8.78 Å². The number of alkyl halides is 4. The Bertz CT molecular complexity index is 212. The van der Waals surface area contributed by atoms with E-state index in [2.05, 4.69) is 0 Å². The Balaban J connectivity index is 2.30. The molecule has 0 bridgehead atoms. The van der Waals surface area contributed by atoms with Gasteiger partial charge in [0.25, 0.3) is 0 Å². The number of amides is 1. The predicted molar refractivity (Wildman–Crippen MR) is 44.6 cm³/mol. The van der Waals surface area contributed by atoms with Gasteiger partial charge in [-0.1, -0.05) is 0 Å². The third kappa shape index (κ3) is 2.86. The molecule has 0 radical (unpaired) electrons. The van der Waals surface area contributed by atoms with Gasteiger partial charge in [-0.05, 0) is 19.3 Å². The summed E-state index contributed by atoms with van der Waals surface area (Å²) < 4.78 is 37.6. The van der Waals surface area contributed by atoms with Gasteiger partial charge in [0.05, 0.1) is 6.54 Å². The fraction of sp³-hybridized carbons (Fsp3) is 0.857. The molecule has 1 aliphatic carbocycles. The quantitative estimate of drug-likeness (QED) is 0.772. The minimum atomic E-state index is -3.60. The number of halogens is 4. The summed E-state index contributed by atoms with van der Waals surface area (Å²) in [5, 5.41) is 1.85. The van der Waals surface area contributed by atoms with E-state index in [0.29, 0.717) is 12.8 Å². The molecule has 1 saturated carbocycles. The highest BCUT2D eigenvalue weighted by Crippen LogP contribution is 2.35. The summed E-state index contributed by atoms with van der Waals surface area (Å²) in [5.41, 5.74) is -1.46. The molecule has 0 heterocycles. The molecule has 1 fully saturated rings. The van der Waals surface area contributed by atoms with Crippen LogP contribution in [0.15, 0.2) is 0 Å². The first-order chi connectivity index (χ1) is 5.83. The predicted octanol–water partition coefficient (Wildman–Crippen LogP) is 1.98. The molecule has 6 heteroatoms. The Kier molecular flexibility index (Phi) is 2.89. The number of carbonyl (C=O) groups excluding carboxylic acids is 1. The van der Waals surface area contributed by atoms with Crippen molar-refractivity contribution in [3.63, 3.8) is 0 Å². The lowest BCUT2D eigenvalue weighted by Crippen LogP contribution is -2.47. The summed E-state index contributed by atoms with van der Waals surface area (Å²) in [6.07, 6.45) is 1.42. The highest BCUT2D eigenvalue weighted by Gasteiger charge is 2.40. The van der Waals surface area contributed by atoms with Crippen LogP contribution in [0.5, 0.6) is 0 Å². The van der Waals surface area contributed by atoms with Crippen molar-refractivity contribution in [2.45, 2.75) is 29.8 Å². The van der Waals surface area contributed by atoms with Gasteiger partial charge in [-0.3, -0.25) is 4.79 Å². The van der Waals surface area contributed by atoms with E-state index < -0.39 is 16.4 Å². The van der Waals surface area contributed by atoms with Crippen LogP contribution in [-0.2, 0) is 4.79 Å². The van der Waals surface area contributed by atoms with Crippen molar-refractivity contribution in [1.29, 1.82) is 0 Å². The van der Waals surface area contributed by atoms with Crippen molar-refractivity contribution in [3.8, 4) is 0 Å². The number of carbonyl (C=O) groups is 1. The van der Waals surface area contributed by atoms with E-state index in [4.69, 9.17) is 0 Å². The molecule has 0 aromatic carbocycles. The normalized spacial score (nSPS) is 20.6. The largest absolute Gasteiger partial charge is 0.377 e. The zero-order valence-corrected chi connectivity index (χ0v) is 8.33. The second-order valence-electron chi connectivity index (χ2n) is 3.18. The number of rotatable bonds is 3. The van der Waals surface area contributed by atoms with Crippen LogP contribution >= 0.6 is 15.9 Å². The topological polar surface area (TPSA) is 29.1 Å². The van der Waals surface area contributed by atoms with Gasteiger partial charge < -0.3 is 5.32 Å². The van der Waals surface area contributed by atoms with Crippen LogP contribution in [0.4, 0.5) is 13.2 Å². The monoisotopic (exact) mass is 259 g/mol. The molecular weight excluding hydrogens is 251 g/mol. The molecule has 1 aliphatic rings. The van der Waals surface area contributed by atoms with E-state index in [-0.39, 0.29) is 6.54 Å². The van der Waals surface area contributed by atoms with Crippen LogP contribution in [0, 0.1) is 0 Å². The maximum atomic E-state index is 13.2. The van der Waals surface area contributed by atoms with Crippen LogP contribution in [0.1, 0.15) is 19.3 Å². The Morgan fingerprint density at radius 2 is 2.08 bits per heavy atom. The summed E-state index contributed by atoms with van der Waals surface area (Å²) in [7, 11) is 0. The van der Waals surface area contributed by atoms with Crippen LogP contribution in [0.3, 0.4) is 0 Å². The van der Waals surface area contributed by atoms with E-state index in [9.17, 15) is 18.0 Å². The van der Waals surface area contributed by atoms with E-state index in [1.807, 2.05) is 21.2 Å². The highest BCUT2D eigenvalue weighted by molar-refractivity contribution is 9.10. The van der Waals surface area contributed by atoms with Crippen molar-refractivity contribution in [2.24, 2.45) is 0 Å². The van der Waals surface area contributed by atoms with E-state index in [0.717, 1.165) is 6.42 Å². The summed E-state index contributed by atoms with van der Waals surface area (Å²) in [6.45, 7) is -0.326. The minimum absolute atomic E-state index is 0.326. The summed E-state index contributed by atoms with van der Waals surface area (Å²) >= 11 is 1.88. The molecule has 76 valence electrons. The molecule has 0 unspecified atom stereocenters. The average Bonchev–Trinajstić information content (AvgIpc) is 1.94. The molecule has 0 saturated heterocycles. The second-order valence-corrected chi connectivity index (χ2v) is 4.18. The van der Waals surface area contributed by atoms with E-state index >= 15 is 0 Å². The third-order valence-corrected chi connectivity index (χ3v) is 2.43. The molecule has 0 atom stereocenters. The molecule has 0 spiro atoms. The molecule has 0 aromatic rings. The third-order valence-electron chi connectivity index (χ3n) is 2.07. The van der Waals surface area contributed by atoms with Crippen LogP contribution in [-0.4, -0.2) is 23.0 Å². The van der Waals surface area contributed by atoms with Gasteiger partial charge in [0.2, 0.25) is 0 Å². The molecule has 0 aromatic heterocycles. The fourth-order valence-electron chi connectivity index (χ4n) is 1.08. The van der Waals surface area contributed by atoms with Crippen molar-refractivity contribution in [1.82, 2.24) is 5.32 Å². The molecule has 1 rings (SSSR count). The van der Waals surface area contributed by atoms with Crippen LogP contribution in [0.2, 0.25) is 0 Å². The lowest BCUT2D eigenvalue weighted by atomic mass is 9.82. The van der Waals surface area contributed by atoms with Crippen LogP contribution in [0.25, 0.3) is 0 Å². The maximum absolute atomic E-state index is 13.2. The van der Waals surface area contributed by atoms with E-state index in [1.165, 1.54) is 0 Å². The van der Waals surface area contributed by atoms with Gasteiger partial charge in [0, 0.05) is 15.9 Å². The summed E-state index contributed by atoms with van der Waals surface area (Å²) in [4.78, 5) is 6.97. The van der Waals surface area contributed by atoms with Gasteiger partial charge >= 0.3 is 10.7 Å². The second kappa shape index (κ2) is 3.48. The zero-order chi connectivity index (χ0) is 10.1. The smallest absolute Gasteiger partial charge is 0.347 e. The first-order valence-corrected chi connectivity index (χ1v) is 4.67. The highest BCUT2D eigenvalue weighted by atomic mass is 79.9. The molecule has 0 aliphatic heterocycles. The number of hydrogen-bond donors (Lipinski definition) is 1. The van der Waals surface area contributed by atoms with Gasteiger partial charge in [-0.25, -0.2) is 4.39 Å². The Morgan fingerprint density at radius 3 is 2.38 bits per heavy atom.